The molecular weight excluding hydrogens is 294 g/mol. The first kappa shape index (κ1) is 15.2. The van der Waals surface area contributed by atoms with E-state index in [0.29, 0.717) is 18.5 Å². The highest BCUT2D eigenvalue weighted by molar-refractivity contribution is 7.91. The van der Waals surface area contributed by atoms with Crippen molar-refractivity contribution in [2.24, 2.45) is 0 Å². The van der Waals surface area contributed by atoms with Crippen molar-refractivity contribution in [3.8, 4) is 0 Å². The molecule has 0 atom stereocenters. The molecular formula is C14H17NO3S2. The van der Waals surface area contributed by atoms with Crippen molar-refractivity contribution < 1.29 is 13.5 Å². The zero-order valence-electron chi connectivity index (χ0n) is 11.2. The van der Waals surface area contributed by atoms with Gasteiger partial charge in [0.2, 0.25) is 10.0 Å². The Kier molecular flexibility index (Phi) is 4.93. The Balaban J connectivity index is 1.98. The molecule has 2 N–H and O–H groups in total. The van der Waals surface area contributed by atoms with E-state index < -0.39 is 10.0 Å². The zero-order valence-corrected chi connectivity index (χ0v) is 12.8. The van der Waals surface area contributed by atoms with Gasteiger partial charge in [-0.3, -0.25) is 0 Å². The normalized spacial score (nSPS) is 11.7. The van der Waals surface area contributed by atoms with E-state index in [4.69, 9.17) is 5.11 Å². The maximum Gasteiger partial charge on any atom is 0.250 e. The fourth-order valence-electron chi connectivity index (χ4n) is 1.86. The van der Waals surface area contributed by atoms with Crippen LogP contribution in [0.3, 0.4) is 0 Å². The van der Waals surface area contributed by atoms with Crippen LogP contribution >= 0.6 is 11.3 Å². The topological polar surface area (TPSA) is 66.4 Å². The number of benzene rings is 1. The van der Waals surface area contributed by atoms with Crippen LogP contribution in [-0.2, 0) is 23.1 Å². The summed E-state index contributed by atoms with van der Waals surface area (Å²) in [6, 6.07) is 9.42. The summed E-state index contributed by atoms with van der Waals surface area (Å²) in [6.07, 6.45) is 0.657. The first-order chi connectivity index (χ1) is 9.53. The summed E-state index contributed by atoms with van der Waals surface area (Å²) in [7, 11) is -3.48. The third-order valence-corrected chi connectivity index (χ3v) is 5.97. The lowest BCUT2D eigenvalue weighted by atomic mass is 10.1. The molecule has 1 heterocycles. The van der Waals surface area contributed by atoms with Gasteiger partial charge < -0.3 is 5.11 Å². The molecule has 0 radical (unpaired) electrons. The number of aliphatic hydroxyl groups is 1. The van der Waals surface area contributed by atoms with Crippen molar-refractivity contribution in [2.75, 3.05) is 6.54 Å². The molecule has 20 heavy (non-hydrogen) atoms. The van der Waals surface area contributed by atoms with Crippen LogP contribution in [0.2, 0.25) is 0 Å². The quantitative estimate of drug-likeness (QED) is 0.858. The number of sulfonamides is 1. The van der Waals surface area contributed by atoms with Crippen molar-refractivity contribution in [1.82, 2.24) is 4.72 Å². The lowest BCUT2D eigenvalue weighted by Gasteiger charge is -2.07. The Hall–Kier alpha value is -1.21. The van der Waals surface area contributed by atoms with Crippen molar-refractivity contribution in [1.29, 1.82) is 0 Å². The average Bonchev–Trinajstić information content (AvgIpc) is 2.90. The van der Waals surface area contributed by atoms with Crippen molar-refractivity contribution in [2.45, 2.75) is 24.2 Å². The summed E-state index contributed by atoms with van der Waals surface area (Å²) in [5, 5.41) is 10.6. The summed E-state index contributed by atoms with van der Waals surface area (Å²) in [5.41, 5.74) is 2.91. The van der Waals surface area contributed by atoms with Gasteiger partial charge in [-0.1, -0.05) is 24.3 Å². The van der Waals surface area contributed by atoms with Crippen LogP contribution in [0.1, 0.15) is 16.7 Å². The third-order valence-electron chi connectivity index (χ3n) is 3.02. The van der Waals surface area contributed by atoms with Gasteiger partial charge in [0.25, 0.3) is 0 Å². The Morgan fingerprint density at radius 2 is 2.05 bits per heavy atom. The number of hydrogen-bond donors (Lipinski definition) is 2. The molecule has 0 saturated carbocycles. The van der Waals surface area contributed by atoms with Gasteiger partial charge in [0.1, 0.15) is 4.21 Å². The number of hydrogen-bond acceptors (Lipinski definition) is 4. The van der Waals surface area contributed by atoms with Gasteiger partial charge in [-0.2, -0.15) is 0 Å². The Morgan fingerprint density at radius 3 is 2.70 bits per heavy atom. The molecule has 108 valence electrons. The van der Waals surface area contributed by atoms with Gasteiger partial charge in [0.05, 0.1) is 6.61 Å². The maximum atomic E-state index is 12.1. The lowest BCUT2D eigenvalue weighted by molar-refractivity contribution is 0.282. The van der Waals surface area contributed by atoms with Gasteiger partial charge >= 0.3 is 0 Å². The van der Waals surface area contributed by atoms with Crippen molar-refractivity contribution in [3.05, 3.63) is 52.4 Å². The van der Waals surface area contributed by atoms with Crippen LogP contribution in [0, 0.1) is 6.92 Å². The number of thiophene rings is 1. The molecule has 0 saturated heterocycles. The molecule has 0 bridgehead atoms. The highest BCUT2D eigenvalue weighted by atomic mass is 32.2. The molecule has 0 unspecified atom stereocenters. The number of aliphatic hydroxyl groups excluding tert-OH is 1. The standard InChI is InChI=1S/C14H17NO3S2/c1-11-4-2-3-5-13(11)6-7-15-20(17,18)14-8-12(9-16)10-19-14/h2-5,8,10,15-16H,6-7,9H2,1H3. The number of aryl methyl sites for hydroxylation is 1. The SMILES string of the molecule is Cc1ccccc1CCNS(=O)(=O)c1cc(CO)cs1. The first-order valence-electron chi connectivity index (χ1n) is 6.25. The van der Waals surface area contributed by atoms with E-state index in [0.717, 1.165) is 22.5 Å². The van der Waals surface area contributed by atoms with E-state index in [-0.39, 0.29) is 10.8 Å². The van der Waals surface area contributed by atoms with Crippen molar-refractivity contribution in [3.63, 3.8) is 0 Å². The fourth-order valence-corrected chi connectivity index (χ4v) is 4.14. The largest absolute Gasteiger partial charge is 0.392 e. The van der Waals surface area contributed by atoms with E-state index in [1.54, 1.807) is 5.38 Å². The molecule has 6 heteroatoms. The molecule has 0 fully saturated rings. The molecule has 1 aromatic carbocycles. The van der Waals surface area contributed by atoms with Gasteiger partial charge in [-0.25, -0.2) is 13.1 Å². The summed E-state index contributed by atoms with van der Waals surface area (Å²) in [6.45, 7) is 2.23. The second-order valence-corrected chi connectivity index (χ2v) is 7.41. The number of rotatable bonds is 6. The van der Waals surface area contributed by atoms with Crippen LogP contribution in [0.5, 0.6) is 0 Å². The van der Waals surface area contributed by atoms with Crippen LogP contribution in [0.4, 0.5) is 0 Å². The molecule has 0 spiro atoms. The summed E-state index contributed by atoms with van der Waals surface area (Å²) < 4.78 is 26.9. The molecule has 1 aromatic heterocycles. The molecule has 0 amide bonds. The third kappa shape index (κ3) is 3.67. The highest BCUT2D eigenvalue weighted by Gasteiger charge is 2.16. The monoisotopic (exact) mass is 311 g/mol. The fraction of sp³-hybridized carbons (Fsp3) is 0.286. The van der Waals surface area contributed by atoms with Crippen molar-refractivity contribution >= 4 is 21.4 Å². The predicted molar refractivity (Wildman–Crippen MR) is 80.3 cm³/mol. The highest BCUT2D eigenvalue weighted by Crippen LogP contribution is 2.20. The van der Waals surface area contributed by atoms with Crippen LogP contribution in [0.15, 0.2) is 39.9 Å². The van der Waals surface area contributed by atoms with Gasteiger partial charge in [0, 0.05) is 6.54 Å². The Morgan fingerprint density at radius 1 is 1.30 bits per heavy atom. The minimum atomic E-state index is -3.48. The smallest absolute Gasteiger partial charge is 0.250 e. The zero-order chi connectivity index (χ0) is 14.6. The molecule has 0 aliphatic heterocycles. The van der Waals surface area contributed by atoms with Gasteiger partial charge in [-0.05, 0) is 41.5 Å². The lowest BCUT2D eigenvalue weighted by Crippen LogP contribution is -2.25. The summed E-state index contributed by atoms with van der Waals surface area (Å²) in [5.74, 6) is 0. The van der Waals surface area contributed by atoms with Crippen LogP contribution < -0.4 is 4.72 Å². The molecule has 2 rings (SSSR count). The van der Waals surface area contributed by atoms with Crippen LogP contribution in [0.25, 0.3) is 0 Å². The van der Waals surface area contributed by atoms with E-state index in [9.17, 15) is 8.42 Å². The summed E-state index contributed by atoms with van der Waals surface area (Å²) in [4.78, 5) is 0. The molecule has 0 aliphatic rings. The van der Waals surface area contributed by atoms with E-state index in [2.05, 4.69) is 4.72 Å². The molecule has 2 aromatic rings. The minimum Gasteiger partial charge on any atom is -0.392 e. The predicted octanol–water partition coefficient (Wildman–Crippen LogP) is 2.07. The first-order valence-corrected chi connectivity index (χ1v) is 8.61. The maximum absolute atomic E-state index is 12.1. The van der Waals surface area contributed by atoms with E-state index in [1.807, 2.05) is 31.2 Å². The Labute approximate surface area is 123 Å². The second-order valence-electron chi connectivity index (χ2n) is 4.51. The van der Waals surface area contributed by atoms with Crippen LogP contribution in [-0.4, -0.2) is 20.1 Å². The van der Waals surface area contributed by atoms with E-state index >= 15 is 0 Å². The molecule has 0 aliphatic carbocycles. The molecule has 4 nitrogen and oxygen atoms in total. The average molecular weight is 311 g/mol. The van der Waals surface area contributed by atoms with Gasteiger partial charge in [-0.15, -0.1) is 11.3 Å². The second kappa shape index (κ2) is 6.49. The number of nitrogens with one attached hydrogen (secondary N) is 1. The van der Waals surface area contributed by atoms with E-state index in [1.165, 1.54) is 6.07 Å². The minimum absolute atomic E-state index is 0.144. The Bertz CT molecular complexity index is 677. The van der Waals surface area contributed by atoms with Gasteiger partial charge in [0.15, 0.2) is 0 Å². The summed E-state index contributed by atoms with van der Waals surface area (Å²) >= 11 is 1.12.